The molecule has 0 spiro atoms. The normalized spacial score (nSPS) is 10.9. The highest BCUT2D eigenvalue weighted by molar-refractivity contribution is 7.89. The molecule has 5 N–H and O–H groups in total. The van der Waals surface area contributed by atoms with Crippen molar-refractivity contribution in [1.82, 2.24) is 25.6 Å². The molecule has 2 heterocycles. The van der Waals surface area contributed by atoms with Crippen molar-refractivity contribution in [2.24, 2.45) is 5.14 Å². The van der Waals surface area contributed by atoms with Crippen molar-refractivity contribution in [2.75, 3.05) is 5.73 Å². The Kier molecular flexibility index (Phi) is 6.36. The molecule has 0 radical (unpaired) electrons. The lowest BCUT2D eigenvalue weighted by atomic mass is 10.00. The Morgan fingerprint density at radius 2 is 1.88 bits per heavy atom. The molecule has 1 aromatic carbocycles. The number of benzene rings is 1. The van der Waals surface area contributed by atoms with E-state index in [4.69, 9.17) is 10.9 Å². The molecule has 0 aliphatic carbocycles. The number of tetrazole rings is 1. The quantitative estimate of drug-likeness (QED) is 0.607. The van der Waals surface area contributed by atoms with E-state index < -0.39 is 10.0 Å². The first-order valence-corrected chi connectivity index (χ1v) is 9.58. The third-order valence-corrected chi connectivity index (χ3v) is 4.47. The van der Waals surface area contributed by atoms with Crippen LogP contribution in [0.15, 0.2) is 41.4 Å². The Morgan fingerprint density at radius 1 is 1.12 bits per heavy atom. The molecule has 0 fully saturated rings. The van der Waals surface area contributed by atoms with Gasteiger partial charge in [-0.15, -0.1) is 10.2 Å². The maximum atomic E-state index is 11.9. The number of pyridine rings is 1. The van der Waals surface area contributed by atoms with E-state index in [0.29, 0.717) is 24.2 Å². The molecule has 26 heavy (non-hydrogen) atoms. The average molecular weight is 375 g/mol. The minimum absolute atomic E-state index is 0.0307. The van der Waals surface area contributed by atoms with Gasteiger partial charge in [-0.1, -0.05) is 32.0 Å². The molecule has 0 atom stereocenters. The number of nitrogens with one attached hydrogen (secondary N) is 1. The fourth-order valence-corrected chi connectivity index (χ4v) is 3.18. The van der Waals surface area contributed by atoms with Crippen LogP contribution < -0.4 is 10.9 Å². The summed E-state index contributed by atoms with van der Waals surface area (Å²) in [6.07, 6.45) is 2.89. The van der Waals surface area contributed by atoms with Crippen LogP contribution in [0, 0.1) is 0 Å². The monoisotopic (exact) mass is 375 g/mol. The minimum atomic E-state index is -3.92. The molecule has 0 amide bonds. The third-order valence-electron chi connectivity index (χ3n) is 3.52. The molecule has 0 bridgehead atoms. The number of nitrogens with two attached hydrogens (primary N) is 2. The van der Waals surface area contributed by atoms with E-state index in [1.54, 1.807) is 18.3 Å². The molecule has 3 aromatic rings. The van der Waals surface area contributed by atoms with Crippen molar-refractivity contribution in [3.05, 3.63) is 47.7 Å². The number of primary sulfonamides is 1. The number of hydrogen-bond acceptors (Lipinski definition) is 7. The van der Waals surface area contributed by atoms with E-state index in [1.165, 1.54) is 6.07 Å². The van der Waals surface area contributed by atoms with Gasteiger partial charge in [-0.25, -0.2) is 18.5 Å². The van der Waals surface area contributed by atoms with Crippen molar-refractivity contribution >= 4 is 15.8 Å². The standard InChI is InChI=1S/C14H15N7O2S.C2H6/c15-12-7-5-9(8-17-12)4-6-10-2-1-3-11(24(16,22)23)13(10)14-18-20-21-19-14;1-2/h1-3,5,7-8H,4,6H2,(H2,15,17)(H2,16,22,23)(H,18,19,20,21);1-2H3. The molecule has 0 unspecified atom stereocenters. The molecule has 0 aliphatic rings. The summed E-state index contributed by atoms with van der Waals surface area (Å²) in [5, 5.41) is 18.9. The number of rotatable bonds is 5. The van der Waals surface area contributed by atoms with Gasteiger partial charge in [0.15, 0.2) is 0 Å². The lowest BCUT2D eigenvalue weighted by Crippen LogP contribution is -2.15. The zero-order valence-corrected chi connectivity index (χ0v) is 15.4. The maximum Gasteiger partial charge on any atom is 0.238 e. The largest absolute Gasteiger partial charge is 0.384 e. The predicted molar refractivity (Wildman–Crippen MR) is 98.4 cm³/mol. The van der Waals surface area contributed by atoms with Crippen LogP contribution in [0.4, 0.5) is 5.82 Å². The maximum absolute atomic E-state index is 11.9. The number of aromatic amines is 1. The van der Waals surface area contributed by atoms with Gasteiger partial charge in [-0.05, 0) is 41.3 Å². The molecule has 0 aliphatic heterocycles. The van der Waals surface area contributed by atoms with E-state index in [-0.39, 0.29) is 10.7 Å². The Labute approximate surface area is 151 Å². The SMILES string of the molecule is CC.Nc1ccc(CCc2cccc(S(N)(=O)=O)c2-c2nn[nH]n2)cn1. The van der Waals surface area contributed by atoms with Crippen LogP contribution in [0.1, 0.15) is 25.0 Å². The second-order valence-electron chi connectivity index (χ2n) is 5.16. The summed E-state index contributed by atoms with van der Waals surface area (Å²) in [6, 6.07) is 8.47. The van der Waals surface area contributed by atoms with Gasteiger partial charge >= 0.3 is 0 Å². The van der Waals surface area contributed by atoms with Crippen LogP contribution in [0.5, 0.6) is 0 Å². The molecule has 10 heteroatoms. The zero-order valence-electron chi connectivity index (χ0n) is 14.5. The van der Waals surface area contributed by atoms with Crippen molar-refractivity contribution in [1.29, 1.82) is 0 Å². The number of nitrogens with zero attached hydrogens (tertiary/aromatic N) is 4. The molecule has 3 rings (SSSR count). The highest BCUT2D eigenvalue weighted by atomic mass is 32.2. The zero-order chi connectivity index (χ0) is 19.2. The summed E-state index contributed by atoms with van der Waals surface area (Å²) >= 11 is 0. The number of aromatic nitrogens is 5. The first-order valence-electron chi connectivity index (χ1n) is 8.04. The van der Waals surface area contributed by atoms with Crippen LogP contribution in [0.3, 0.4) is 0 Å². The van der Waals surface area contributed by atoms with Crippen LogP contribution in [0.25, 0.3) is 11.4 Å². The second-order valence-corrected chi connectivity index (χ2v) is 6.69. The minimum Gasteiger partial charge on any atom is -0.384 e. The van der Waals surface area contributed by atoms with Gasteiger partial charge in [-0.2, -0.15) is 5.21 Å². The van der Waals surface area contributed by atoms with E-state index in [2.05, 4.69) is 25.6 Å². The van der Waals surface area contributed by atoms with Gasteiger partial charge in [0.1, 0.15) is 5.82 Å². The second kappa shape index (κ2) is 8.50. The van der Waals surface area contributed by atoms with Crippen molar-refractivity contribution < 1.29 is 8.42 Å². The van der Waals surface area contributed by atoms with Crippen LogP contribution >= 0.6 is 0 Å². The summed E-state index contributed by atoms with van der Waals surface area (Å²) in [4.78, 5) is 4.01. The summed E-state index contributed by atoms with van der Waals surface area (Å²) in [7, 11) is -3.92. The van der Waals surface area contributed by atoms with Gasteiger partial charge in [-0.3, -0.25) is 0 Å². The molecule has 0 saturated carbocycles. The number of hydrogen-bond donors (Lipinski definition) is 3. The van der Waals surface area contributed by atoms with Crippen LogP contribution in [0.2, 0.25) is 0 Å². The summed E-state index contributed by atoms with van der Waals surface area (Å²) in [5.74, 6) is 0.632. The van der Waals surface area contributed by atoms with Gasteiger partial charge < -0.3 is 5.73 Å². The molecular weight excluding hydrogens is 354 g/mol. The summed E-state index contributed by atoms with van der Waals surface area (Å²) in [5.41, 5.74) is 7.66. The smallest absolute Gasteiger partial charge is 0.238 e. The fourth-order valence-electron chi connectivity index (χ4n) is 2.41. The van der Waals surface area contributed by atoms with Crippen molar-refractivity contribution in [3.8, 4) is 11.4 Å². The first kappa shape index (κ1) is 19.5. The van der Waals surface area contributed by atoms with Crippen LogP contribution in [-0.4, -0.2) is 34.0 Å². The van der Waals surface area contributed by atoms with E-state index in [1.807, 2.05) is 26.0 Å². The lowest BCUT2D eigenvalue weighted by Gasteiger charge is -2.11. The van der Waals surface area contributed by atoms with E-state index in [9.17, 15) is 8.42 Å². The molecule has 9 nitrogen and oxygen atoms in total. The van der Waals surface area contributed by atoms with Crippen LogP contribution in [-0.2, 0) is 22.9 Å². The van der Waals surface area contributed by atoms with Gasteiger partial charge in [0.25, 0.3) is 0 Å². The van der Waals surface area contributed by atoms with E-state index in [0.717, 1.165) is 11.1 Å². The molecule has 2 aromatic heterocycles. The van der Waals surface area contributed by atoms with Gasteiger partial charge in [0, 0.05) is 11.8 Å². The summed E-state index contributed by atoms with van der Waals surface area (Å²) < 4.78 is 23.8. The number of sulfonamides is 1. The molecule has 0 saturated heterocycles. The fraction of sp³-hybridized carbons (Fsp3) is 0.250. The topological polar surface area (TPSA) is 154 Å². The number of H-pyrrole nitrogens is 1. The summed E-state index contributed by atoms with van der Waals surface area (Å²) in [6.45, 7) is 4.00. The van der Waals surface area contributed by atoms with Crippen molar-refractivity contribution in [3.63, 3.8) is 0 Å². The molecule has 138 valence electrons. The highest BCUT2D eigenvalue weighted by Gasteiger charge is 2.21. The predicted octanol–water partition coefficient (Wildman–Crippen LogP) is 1.30. The Morgan fingerprint density at radius 3 is 2.46 bits per heavy atom. The number of aryl methyl sites for hydroxylation is 2. The Bertz CT molecular complexity index is 939. The number of nitrogen functional groups attached to an aromatic ring is 1. The number of anilines is 1. The average Bonchev–Trinajstić information content (AvgIpc) is 3.16. The third kappa shape index (κ3) is 4.61. The van der Waals surface area contributed by atoms with Gasteiger partial charge in [0.2, 0.25) is 15.8 Å². The Hall–Kier alpha value is -2.85. The molecular formula is C16H21N7O2S. The highest BCUT2D eigenvalue weighted by Crippen LogP contribution is 2.28. The van der Waals surface area contributed by atoms with E-state index >= 15 is 0 Å². The van der Waals surface area contributed by atoms with Gasteiger partial charge in [0.05, 0.1) is 4.90 Å². The first-order chi connectivity index (χ1) is 12.4. The van der Waals surface area contributed by atoms with Crippen molar-refractivity contribution in [2.45, 2.75) is 31.6 Å². The lowest BCUT2D eigenvalue weighted by molar-refractivity contribution is 0.598. The Balaban J connectivity index is 0.00000117.